The Morgan fingerprint density at radius 2 is 1.91 bits per heavy atom. The lowest BCUT2D eigenvalue weighted by Crippen LogP contribution is -1.71. The summed E-state index contributed by atoms with van der Waals surface area (Å²) in [5, 5.41) is 1.13. The predicted octanol–water partition coefficient (Wildman–Crippen LogP) is 3.86. The monoisotopic (exact) mass is 248 g/mol. The smallest absolute Gasteiger partial charge is 0.0436 e. The van der Waals surface area contributed by atoms with E-state index in [1.165, 1.54) is 4.90 Å². The highest BCUT2D eigenvalue weighted by atomic mass is 79.9. The van der Waals surface area contributed by atoms with Crippen molar-refractivity contribution in [3.05, 3.63) is 28.7 Å². The first kappa shape index (κ1) is 9.49. The van der Waals surface area contributed by atoms with Crippen molar-refractivity contribution in [3.8, 4) is 0 Å². The van der Waals surface area contributed by atoms with E-state index in [9.17, 15) is 0 Å². The predicted molar refractivity (Wildman–Crippen MR) is 58.4 cm³/mol. The maximum Gasteiger partial charge on any atom is 0.0436 e. The van der Waals surface area contributed by atoms with E-state index < -0.39 is 0 Å². The molecule has 1 aromatic rings. The highest BCUT2D eigenvalue weighted by molar-refractivity contribution is 9.10. The van der Waals surface area contributed by atoms with E-state index >= 15 is 0 Å². The summed E-state index contributed by atoms with van der Waals surface area (Å²) >= 11 is 7.12. The molecule has 0 nitrogen and oxygen atoms in total. The van der Waals surface area contributed by atoms with Crippen LogP contribution in [0.5, 0.6) is 0 Å². The van der Waals surface area contributed by atoms with E-state index in [1.807, 2.05) is 23.5 Å². The van der Waals surface area contributed by atoms with Gasteiger partial charge in [-0.25, -0.2) is 0 Å². The lowest BCUT2D eigenvalue weighted by atomic mass is 10.4. The molecule has 0 aliphatic carbocycles. The Morgan fingerprint density at radius 3 is 2.45 bits per heavy atom. The number of halogens is 1. The molecule has 3 heteroatoms. The average Bonchev–Trinajstić information content (AvgIpc) is 2.04. The van der Waals surface area contributed by atoms with Gasteiger partial charge in [0.05, 0.1) is 0 Å². The molecule has 0 atom stereocenters. The summed E-state index contributed by atoms with van der Waals surface area (Å²) in [5.74, 6) is 0. The number of rotatable bonds is 3. The quantitative estimate of drug-likeness (QED) is 0.589. The van der Waals surface area contributed by atoms with Crippen molar-refractivity contribution in [1.29, 1.82) is 0 Å². The van der Waals surface area contributed by atoms with Gasteiger partial charge in [0.25, 0.3) is 0 Å². The molecule has 0 radical (unpaired) electrons. The van der Waals surface area contributed by atoms with Gasteiger partial charge in [0.15, 0.2) is 0 Å². The molecule has 60 valence electrons. The van der Waals surface area contributed by atoms with Crippen molar-refractivity contribution < 1.29 is 0 Å². The van der Waals surface area contributed by atoms with E-state index in [2.05, 4.69) is 46.5 Å². The minimum atomic E-state index is 1.13. The van der Waals surface area contributed by atoms with E-state index in [0.29, 0.717) is 0 Å². The first-order valence-electron chi connectivity index (χ1n) is 3.20. The van der Waals surface area contributed by atoms with Gasteiger partial charge in [0.1, 0.15) is 0 Å². The summed E-state index contributed by atoms with van der Waals surface area (Å²) in [7, 11) is 0. The number of hydrogen-bond acceptors (Lipinski definition) is 2. The molecular formula is C8H9BrS2. The fraction of sp³-hybridized carbons (Fsp3) is 0.250. The molecule has 0 amide bonds. The first-order chi connectivity index (χ1) is 5.33. The van der Waals surface area contributed by atoms with Crippen molar-refractivity contribution in [3.63, 3.8) is 0 Å². The van der Waals surface area contributed by atoms with Gasteiger partial charge < -0.3 is 0 Å². The Balaban J connectivity index is 2.52. The van der Waals surface area contributed by atoms with Gasteiger partial charge in [-0.1, -0.05) is 15.9 Å². The molecule has 0 fully saturated rings. The van der Waals surface area contributed by atoms with Gasteiger partial charge in [-0.2, -0.15) is 11.8 Å². The summed E-state index contributed by atoms with van der Waals surface area (Å²) < 4.78 is 1.14. The fourth-order valence-corrected chi connectivity index (χ4v) is 2.27. The lowest BCUT2D eigenvalue weighted by Gasteiger charge is -1.97. The number of hydrogen-bond donors (Lipinski definition) is 0. The highest BCUT2D eigenvalue weighted by Crippen LogP contribution is 2.22. The van der Waals surface area contributed by atoms with E-state index in [-0.39, 0.29) is 0 Å². The van der Waals surface area contributed by atoms with Crippen molar-refractivity contribution in [1.82, 2.24) is 0 Å². The summed E-state index contributed by atoms with van der Waals surface area (Å²) in [6.07, 6.45) is 2.12. The Hall–Kier alpha value is 0.400. The average molecular weight is 249 g/mol. The zero-order valence-electron chi connectivity index (χ0n) is 6.21. The second-order valence-corrected chi connectivity index (χ2v) is 5.20. The molecule has 0 bridgehead atoms. The Kier molecular flexibility index (Phi) is 4.41. The van der Waals surface area contributed by atoms with Crippen LogP contribution in [0.15, 0.2) is 33.6 Å². The summed E-state index contributed by atoms with van der Waals surface area (Å²) in [6, 6.07) is 8.40. The molecule has 0 unspecified atom stereocenters. The van der Waals surface area contributed by atoms with Crippen molar-refractivity contribution in [2.24, 2.45) is 0 Å². The van der Waals surface area contributed by atoms with Crippen LogP contribution in [0.4, 0.5) is 0 Å². The largest absolute Gasteiger partial charge is 0.154 e. The standard InChI is InChI=1S/C8H9BrS2/c1-10-6-11-8-4-2-7(9)3-5-8/h2-5H,6H2,1H3. The molecule has 0 spiro atoms. The van der Waals surface area contributed by atoms with Crippen molar-refractivity contribution in [2.45, 2.75) is 4.90 Å². The zero-order valence-corrected chi connectivity index (χ0v) is 9.43. The van der Waals surface area contributed by atoms with Gasteiger partial charge in [-0.15, -0.1) is 11.8 Å². The first-order valence-corrected chi connectivity index (χ1v) is 6.37. The maximum absolute atomic E-state index is 3.40. The van der Waals surface area contributed by atoms with Crippen LogP contribution >= 0.6 is 39.5 Å². The van der Waals surface area contributed by atoms with Crippen LogP contribution in [0, 0.1) is 0 Å². The molecule has 0 saturated heterocycles. The summed E-state index contributed by atoms with van der Waals surface area (Å²) in [6.45, 7) is 0. The molecule has 1 rings (SSSR count). The molecule has 1 aromatic carbocycles. The normalized spacial score (nSPS) is 10.0. The van der Waals surface area contributed by atoms with E-state index in [4.69, 9.17) is 0 Å². The van der Waals surface area contributed by atoms with Gasteiger partial charge >= 0.3 is 0 Å². The zero-order chi connectivity index (χ0) is 8.10. The third-order valence-electron chi connectivity index (χ3n) is 1.16. The number of thioether (sulfide) groups is 2. The molecule has 0 saturated carbocycles. The molecule has 0 aliphatic rings. The lowest BCUT2D eigenvalue weighted by molar-refractivity contribution is 1.45. The Labute approximate surface area is 84.3 Å². The van der Waals surface area contributed by atoms with E-state index in [1.54, 1.807) is 0 Å². The van der Waals surface area contributed by atoms with Gasteiger partial charge in [-0.3, -0.25) is 0 Å². The van der Waals surface area contributed by atoms with Crippen molar-refractivity contribution in [2.75, 3.05) is 11.3 Å². The third-order valence-corrected chi connectivity index (χ3v) is 3.71. The van der Waals surface area contributed by atoms with E-state index in [0.717, 1.165) is 9.56 Å². The second kappa shape index (κ2) is 5.12. The van der Waals surface area contributed by atoms with Crippen LogP contribution in [0.2, 0.25) is 0 Å². The van der Waals surface area contributed by atoms with Crippen LogP contribution in [0.25, 0.3) is 0 Å². The van der Waals surface area contributed by atoms with Crippen LogP contribution < -0.4 is 0 Å². The topological polar surface area (TPSA) is 0 Å². The molecule has 0 aliphatic heterocycles. The van der Waals surface area contributed by atoms with Gasteiger partial charge in [0, 0.05) is 14.5 Å². The van der Waals surface area contributed by atoms with Crippen LogP contribution in [0.1, 0.15) is 0 Å². The SMILES string of the molecule is CSCSc1ccc(Br)cc1. The van der Waals surface area contributed by atoms with Crippen molar-refractivity contribution >= 4 is 39.5 Å². The minimum absolute atomic E-state index is 1.13. The van der Waals surface area contributed by atoms with Gasteiger partial charge in [0.2, 0.25) is 0 Å². The molecule has 0 N–H and O–H groups in total. The molecule has 0 heterocycles. The number of benzene rings is 1. The summed E-state index contributed by atoms with van der Waals surface area (Å²) in [5.41, 5.74) is 0. The molecule has 11 heavy (non-hydrogen) atoms. The van der Waals surface area contributed by atoms with Crippen LogP contribution in [0.3, 0.4) is 0 Å². The second-order valence-electron chi connectivity index (χ2n) is 2.00. The Morgan fingerprint density at radius 1 is 1.27 bits per heavy atom. The highest BCUT2D eigenvalue weighted by Gasteiger charge is 1.91. The molecule has 0 aromatic heterocycles. The summed E-state index contributed by atoms with van der Waals surface area (Å²) in [4.78, 5) is 1.34. The minimum Gasteiger partial charge on any atom is -0.154 e. The Bertz CT molecular complexity index is 208. The molecular weight excluding hydrogens is 240 g/mol. The van der Waals surface area contributed by atoms with Crippen LogP contribution in [-0.2, 0) is 0 Å². The van der Waals surface area contributed by atoms with Gasteiger partial charge in [-0.05, 0) is 30.5 Å². The fourth-order valence-electron chi connectivity index (χ4n) is 0.658. The van der Waals surface area contributed by atoms with Crippen LogP contribution in [-0.4, -0.2) is 11.3 Å². The maximum atomic E-state index is 3.40. The third kappa shape index (κ3) is 3.54.